The van der Waals surface area contributed by atoms with E-state index in [1.807, 2.05) is 43.2 Å². The van der Waals surface area contributed by atoms with Gasteiger partial charge in [-0.25, -0.2) is 9.77 Å². The van der Waals surface area contributed by atoms with Gasteiger partial charge in [-0.15, -0.1) is 4.65 Å². The van der Waals surface area contributed by atoms with Crippen molar-refractivity contribution in [2.75, 3.05) is 20.1 Å². The summed E-state index contributed by atoms with van der Waals surface area (Å²) in [5, 5.41) is 11.2. The molecule has 0 spiro atoms. The van der Waals surface area contributed by atoms with E-state index < -0.39 is 0 Å². The quantitative estimate of drug-likeness (QED) is 0.523. The van der Waals surface area contributed by atoms with Crippen LogP contribution < -0.4 is 9.21 Å². The maximum atomic E-state index is 11.2. The Kier molecular flexibility index (Phi) is 5.17. The van der Waals surface area contributed by atoms with Gasteiger partial charge in [0.2, 0.25) is 0 Å². The molecule has 1 aromatic heterocycles. The smallest absolute Gasteiger partial charge is 0.181 e. The molecule has 0 bridgehead atoms. The van der Waals surface area contributed by atoms with Gasteiger partial charge in [0, 0.05) is 19.5 Å². The molecule has 0 aromatic carbocycles. The number of aromatic nitrogens is 1. The van der Waals surface area contributed by atoms with Crippen LogP contribution in [0.4, 0.5) is 5.69 Å². The van der Waals surface area contributed by atoms with Crippen LogP contribution >= 0.6 is 0 Å². The summed E-state index contributed by atoms with van der Waals surface area (Å²) in [7, 11) is 3.86. The third kappa shape index (κ3) is 4.55. The van der Waals surface area contributed by atoms with Gasteiger partial charge in [0.15, 0.2) is 23.8 Å². The van der Waals surface area contributed by atoms with Crippen molar-refractivity contribution < 1.29 is 9.77 Å². The highest BCUT2D eigenvalue weighted by molar-refractivity contribution is 5.42. The summed E-state index contributed by atoms with van der Waals surface area (Å²) in [6.45, 7) is 11.2. The van der Waals surface area contributed by atoms with Gasteiger partial charge >= 0.3 is 0 Å². The molecule has 4 heteroatoms. The zero-order chi connectivity index (χ0) is 17.3. The number of aryl methyl sites for hydroxylation is 1. The largest absolute Gasteiger partial charge is 0.373 e. The number of rotatable bonds is 4. The van der Waals surface area contributed by atoms with Crippen LogP contribution in [0, 0.1) is 11.3 Å². The highest BCUT2D eigenvalue weighted by atomic mass is 16.5. The van der Waals surface area contributed by atoms with Crippen LogP contribution in [0.5, 0.6) is 0 Å². The number of hydrogen-bond donors (Lipinski definition) is 1. The van der Waals surface area contributed by atoms with Gasteiger partial charge in [-0.1, -0.05) is 27.7 Å². The van der Waals surface area contributed by atoms with Crippen molar-refractivity contribution in [2.24, 2.45) is 18.4 Å². The van der Waals surface area contributed by atoms with Crippen LogP contribution in [0.15, 0.2) is 36.4 Å². The molecule has 1 aliphatic heterocycles. The fourth-order valence-corrected chi connectivity index (χ4v) is 3.17. The van der Waals surface area contributed by atoms with Crippen LogP contribution in [-0.4, -0.2) is 30.2 Å². The Bertz CT molecular complexity index is 558. The van der Waals surface area contributed by atoms with E-state index in [4.69, 9.17) is 0 Å². The van der Waals surface area contributed by atoms with Crippen LogP contribution in [0.2, 0.25) is 0 Å². The van der Waals surface area contributed by atoms with E-state index in [1.165, 1.54) is 0 Å². The molecule has 2 rings (SSSR count). The first-order chi connectivity index (χ1) is 10.6. The summed E-state index contributed by atoms with van der Waals surface area (Å²) in [4.78, 5) is 2.38. The molecule has 4 nitrogen and oxygen atoms in total. The first-order valence-electron chi connectivity index (χ1n) is 8.60. The standard InChI is InChI=1S/C19H33N3O/c1-16(2)14-21-12-9-19(3,4)13-18(15-21)22(6,23)17-7-10-20(5)11-8-17/h7-8,10-11,15-16,23H,9,12-14H2,1-6H3/q+2. The molecule has 1 aromatic rings. The number of allylic oxidation sites excluding steroid dienone is 1. The summed E-state index contributed by atoms with van der Waals surface area (Å²) in [6, 6.07) is 3.98. The molecule has 0 radical (unpaired) electrons. The molecule has 1 N–H and O–H groups in total. The minimum atomic E-state index is -0.168. The number of nitrogens with zero attached hydrogens (tertiary/aromatic N) is 3. The molecular formula is C19H33N3O+2. The molecule has 2 heterocycles. The SMILES string of the molecule is CC(C)CN1C=C([N+](C)(O)c2cc[n+](C)cc2)CC(C)(C)CC1. The summed E-state index contributed by atoms with van der Waals surface area (Å²) in [5.74, 6) is 0.613. The molecule has 128 valence electrons. The Morgan fingerprint density at radius 2 is 1.91 bits per heavy atom. The predicted molar refractivity (Wildman–Crippen MR) is 94.6 cm³/mol. The van der Waals surface area contributed by atoms with Crippen molar-refractivity contribution >= 4 is 5.69 Å². The zero-order valence-corrected chi connectivity index (χ0v) is 15.6. The lowest BCUT2D eigenvalue weighted by molar-refractivity contribution is -0.671. The van der Waals surface area contributed by atoms with Crippen molar-refractivity contribution in [3.8, 4) is 0 Å². The predicted octanol–water partition coefficient (Wildman–Crippen LogP) is 3.46. The van der Waals surface area contributed by atoms with Gasteiger partial charge in [-0.3, -0.25) is 0 Å². The molecule has 0 aliphatic carbocycles. The summed E-state index contributed by atoms with van der Waals surface area (Å²) < 4.78 is 1.82. The molecule has 0 fully saturated rings. The van der Waals surface area contributed by atoms with Crippen molar-refractivity contribution in [1.29, 1.82) is 0 Å². The minimum Gasteiger partial charge on any atom is -0.373 e. The van der Waals surface area contributed by atoms with E-state index in [0.717, 1.165) is 37.3 Å². The molecular weight excluding hydrogens is 286 g/mol. The average molecular weight is 319 g/mol. The lowest BCUT2D eigenvalue weighted by atomic mass is 9.84. The lowest BCUT2D eigenvalue weighted by Crippen LogP contribution is -2.42. The van der Waals surface area contributed by atoms with Crippen LogP contribution in [0.3, 0.4) is 0 Å². The Morgan fingerprint density at radius 3 is 2.48 bits per heavy atom. The highest BCUT2D eigenvalue weighted by Crippen LogP contribution is 2.37. The van der Waals surface area contributed by atoms with E-state index in [9.17, 15) is 5.21 Å². The fraction of sp³-hybridized carbons (Fsp3) is 0.632. The molecule has 1 unspecified atom stereocenters. The topological polar surface area (TPSA) is 27.3 Å². The first-order valence-corrected chi connectivity index (χ1v) is 8.60. The maximum absolute atomic E-state index is 11.2. The van der Waals surface area contributed by atoms with Crippen LogP contribution in [0.1, 0.15) is 40.5 Å². The van der Waals surface area contributed by atoms with Gasteiger partial charge in [0.05, 0.1) is 18.3 Å². The second-order valence-corrected chi connectivity index (χ2v) is 8.28. The summed E-state index contributed by atoms with van der Waals surface area (Å²) in [5.41, 5.74) is 2.15. The zero-order valence-electron chi connectivity index (χ0n) is 15.6. The molecule has 0 saturated heterocycles. The Balaban J connectivity index is 2.37. The van der Waals surface area contributed by atoms with Crippen molar-refractivity contribution in [3.05, 3.63) is 36.4 Å². The van der Waals surface area contributed by atoms with Gasteiger partial charge in [0.25, 0.3) is 0 Å². The lowest BCUT2D eigenvalue weighted by Gasteiger charge is -2.30. The molecule has 23 heavy (non-hydrogen) atoms. The summed E-state index contributed by atoms with van der Waals surface area (Å²) in [6.07, 6.45) is 8.20. The van der Waals surface area contributed by atoms with Crippen molar-refractivity contribution in [2.45, 2.75) is 40.5 Å². The normalized spacial score (nSPS) is 20.9. The van der Waals surface area contributed by atoms with Gasteiger partial charge in [-0.2, -0.15) is 0 Å². The maximum Gasteiger partial charge on any atom is 0.181 e. The third-order valence-electron chi connectivity index (χ3n) is 4.69. The van der Waals surface area contributed by atoms with E-state index in [0.29, 0.717) is 5.92 Å². The van der Waals surface area contributed by atoms with Crippen molar-refractivity contribution in [1.82, 2.24) is 9.55 Å². The average Bonchev–Trinajstić information content (AvgIpc) is 2.58. The second kappa shape index (κ2) is 6.62. The number of hydroxylamine groups is 2. The highest BCUT2D eigenvalue weighted by Gasteiger charge is 2.37. The molecule has 0 saturated carbocycles. The van der Waals surface area contributed by atoms with Crippen LogP contribution in [-0.2, 0) is 7.05 Å². The molecule has 0 amide bonds. The molecule has 1 aliphatic rings. The third-order valence-corrected chi connectivity index (χ3v) is 4.69. The Hall–Kier alpha value is -1.39. The monoisotopic (exact) mass is 319 g/mol. The van der Waals surface area contributed by atoms with Gasteiger partial charge < -0.3 is 4.90 Å². The van der Waals surface area contributed by atoms with Gasteiger partial charge in [0.1, 0.15) is 14.1 Å². The first kappa shape index (κ1) is 18.0. The summed E-state index contributed by atoms with van der Waals surface area (Å²) >= 11 is 0. The van der Waals surface area contributed by atoms with E-state index in [-0.39, 0.29) is 10.1 Å². The van der Waals surface area contributed by atoms with Crippen LogP contribution in [0.25, 0.3) is 0 Å². The van der Waals surface area contributed by atoms with E-state index in [2.05, 4.69) is 38.8 Å². The molecule has 1 atom stereocenters. The number of pyridine rings is 1. The Morgan fingerprint density at radius 1 is 1.30 bits per heavy atom. The van der Waals surface area contributed by atoms with Gasteiger partial charge in [-0.05, 0) is 17.8 Å². The minimum absolute atomic E-state index is 0.168. The Labute approximate surface area is 141 Å². The number of quaternary nitrogens is 1. The van der Waals surface area contributed by atoms with E-state index in [1.54, 1.807) is 0 Å². The second-order valence-electron chi connectivity index (χ2n) is 8.28. The van der Waals surface area contributed by atoms with E-state index >= 15 is 0 Å². The fourth-order valence-electron chi connectivity index (χ4n) is 3.17. The van der Waals surface area contributed by atoms with Crippen molar-refractivity contribution in [3.63, 3.8) is 0 Å². The number of hydrogen-bond acceptors (Lipinski definition) is 2.